The van der Waals surface area contributed by atoms with Crippen LogP contribution in [-0.4, -0.2) is 120 Å². The fourth-order valence-electron chi connectivity index (χ4n) is 11.7. The van der Waals surface area contributed by atoms with Gasteiger partial charge in [-0.15, -0.1) is 0 Å². The van der Waals surface area contributed by atoms with Crippen LogP contribution in [0.2, 0.25) is 0 Å². The van der Waals surface area contributed by atoms with Crippen molar-refractivity contribution >= 4 is 55.4 Å². The summed E-state index contributed by atoms with van der Waals surface area (Å²) in [6, 6.07) is 17.1. The molecule has 8 heterocycles. The molecule has 4 aromatic carbocycles. The van der Waals surface area contributed by atoms with Crippen molar-refractivity contribution in [1.82, 2.24) is 34.7 Å². The van der Waals surface area contributed by atoms with Gasteiger partial charge in [-0.25, -0.2) is 18.7 Å². The molecule has 0 radical (unpaired) electrons. The van der Waals surface area contributed by atoms with Crippen molar-refractivity contribution in [1.29, 1.82) is 0 Å². The van der Waals surface area contributed by atoms with Gasteiger partial charge in [0, 0.05) is 112 Å². The number of nitrogens with zero attached hydrogens (tertiary/aromatic N) is 5. The number of H-pyrrole nitrogens is 2. The van der Waals surface area contributed by atoms with Crippen molar-refractivity contribution in [3.8, 4) is 46.1 Å². The summed E-state index contributed by atoms with van der Waals surface area (Å²) >= 11 is 0. The number of carbonyl (C=O) groups excluding carboxylic acids is 2. The number of carbonyl (C=O) groups is 2. The fourth-order valence-corrected chi connectivity index (χ4v) is 11.7. The molecule has 2 spiro atoms. The number of pyridine rings is 1. The zero-order valence-electron chi connectivity index (χ0n) is 44.1. The van der Waals surface area contributed by atoms with Crippen molar-refractivity contribution in [2.24, 2.45) is 10.8 Å². The van der Waals surface area contributed by atoms with E-state index in [9.17, 15) is 9.59 Å². The highest BCUT2D eigenvalue weighted by molar-refractivity contribution is 5.91. The summed E-state index contributed by atoms with van der Waals surface area (Å²) in [6.45, 7) is 9.11. The zero-order chi connectivity index (χ0) is 53.7. The van der Waals surface area contributed by atoms with Gasteiger partial charge >= 0.3 is 0 Å². The standard InChI is InChI=1S/C59H61F2N7O10/c1-34-25-37-39(65-34)9-11-44(54(37)60)78-57-38-27-47(72-4)49(29-42(38)63-33-64-57)75-24-6-8-51(70)68-21-16-59(17-22-68)32-76-56(59)52-35(2)66-40-10-12-45(55(61)53(40)52)77-43-13-18-62-41-28-48(46(71-3)26-36(41)43)74-23-5-7-50(69)67-19-14-58(15-20-67)30-73-31-58/h9-13,18,25-29,33,56,65-66H,5-8,14-17,19-24,30-32H2,1-4H3. The largest absolute Gasteiger partial charge is 0.493 e. The van der Waals surface area contributed by atoms with Gasteiger partial charge in [-0.2, -0.15) is 0 Å². The van der Waals surface area contributed by atoms with Crippen LogP contribution in [0.25, 0.3) is 43.6 Å². The van der Waals surface area contributed by atoms with Gasteiger partial charge in [-0.1, -0.05) is 0 Å². The number of fused-ring (bicyclic) bond motifs is 4. The number of ether oxygens (including phenoxy) is 8. The lowest BCUT2D eigenvalue weighted by molar-refractivity contribution is -0.211. The van der Waals surface area contributed by atoms with E-state index >= 15 is 8.78 Å². The van der Waals surface area contributed by atoms with Crippen LogP contribution >= 0.6 is 0 Å². The number of methoxy groups -OCH3 is 2. The first-order chi connectivity index (χ1) is 37.9. The minimum absolute atomic E-state index is 0.0288. The van der Waals surface area contributed by atoms with Crippen LogP contribution in [-0.2, 0) is 19.1 Å². The Kier molecular flexibility index (Phi) is 13.7. The van der Waals surface area contributed by atoms with Crippen molar-refractivity contribution < 1.29 is 56.3 Å². The number of amides is 2. The number of piperidine rings is 2. The van der Waals surface area contributed by atoms with E-state index in [1.807, 2.05) is 29.7 Å². The first kappa shape index (κ1) is 51.0. The zero-order valence-corrected chi connectivity index (χ0v) is 44.1. The molecule has 0 aliphatic carbocycles. The van der Waals surface area contributed by atoms with Crippen molar-refractivity contribution in [2.45, 2.75) is 71.3 Å². The second-order valence-corrected chi connectivity index (χ2v) is 21.2. The van der Waals surface area contributed by atoms with E-state index in [1.165, 1.54) is 13.4 Å². The highest BCUT2D eigenvalue weighted by Gasteiger charge is 2.52. The summed E-state index contributed by atoms with van der Waals surface area (Å²) < 4.78 is 80.2. The predicted octanol–water partition coefficient (Wildman–Crippen LogP) is 11.0. The Morgan fingerprint density at radius 3 is 1.91 bits per heavy atom. The van der Waals surface area contributed by atoms with Gasteiger partial charge in [0.2, 0.25) is 17.7 Å². The van der Waals surface area contributed by atoms with Gasteiger partial charge in [0.05, 0.1) is 69.8 Å². The molecule has 19 heteroatoms. The highest BCUT2D eigenvalue weighted by Crippen LogP contribution is 2.56. The van der Waals surface area contributed by atoms with Crippen LogP contribution in [0.4, 0.5) is 8.78 Å². The number of likely N-dealkylation sites (tertiary alicyclic amines) is 2. The molecule has 406 valence electrons. The quantitative estimate of drug-likeness (QED) is 0.0822. The number of aryl methyl sites for hydroxylation is 2. The normalized spacial score (nSPS) is 17.6. The molecule has 0 bridgehead atoms. The number of aromatic nitrogens is 5. The van der Waals surface area contributed by atoms with Crippen LogP contribution in [0.5, 0.6) is 46.1 Å². The molecule has 17 nitrogen and oxygen atoms in total. The first-order valence-corrected chi connectivity index (χ1v) is 26.7. The molecule has 2 amide bonds. The van der Waals surface area contributed by atoms with Gasteiger partial charge in [0.15, 0.2) is 46.1 Å². The van der Waals surface area contributed by atoms with Crippen molar-refractivity contribution in [2.75, 3.05) is 73.4 Å². The predicted molar refractivity (Wildman–Crippen MR) is 286 cm³/mol. The Morgan fingerprint density at radius 1 is 0.654 bits per heavy atom. The molecular formula is C59H61F2N7O10. The van der Waals surface area contributed by atoms with Crippen molar-refractivity contribution in [3.05, 3.63) is 102 Å². The molecular weight excluding hydrogens is 1000 g/mol. The fraction of sp³-hybridized carbons (Fsp3) is 0.407. The number of aromatic amines is 2. The minimum atomic E-state index is -0.512. The second-order valence-electron chi connectivity index (χ2n) is 21.2. The van der Waals surface area contributed by atoms with Crippen LogP contribution in [0.15, 0.2) is 73.2 Å². The molecule has 2 N–H and O–H groups in total. The average Bonchev–Trinajstić information content (AvgIpc) is 4.14. The lowest BCUT2D eigenvalue weighted by Crippen LogP contribution is -2.53. The monoisotopic (exact) mass is 1070 g/mol. The summed E-state index contributed by atoms with van der Waals surface area (Å²) in [4.78, 5) is 50.2. The molecule has 0 saturated carbocycles. The molecule has 4 aliphatic heterocycles. The van der Waals surface area contributed by atoms with Gasteiger partial charge in [-0.05, 0) is 101 Å². The van der Waals surface area contributed by atoms with Gasteiger partial charge in [0.25, 0.3) is 0 Å². The van der Waals surface area contributed by atoms with Crippen LogP contribution in [0.1, 0.15) is 74.4 Å². The van der Waals surface area contributed by atoms with Crippen LogP contribution in [0, 0.1) is 36.3 Å². The number of halogens is 2. The summed E-state index contributed by atoms with van der Waals surface area (Å²) in [5.41, 5.74) is 4.78. The Labute approximate surface area is 448 Å². The van der Waals surface area contributed by atoms with E-state index in [1.54, 1.807) is 67.9 Å². The lowest BCUT2D eigenvalue weighted by atomic mass is 9.68. The van der Waals surface area contributed by atoms with Gasteiger partial charge < -0.3 is 57.7 Å². The molecule has 4 aliphatic rings. The van der Waals surface area contributed by atoms with E-state index in [4.69, 9.17) is 37.9 Å². The summed E-state index contributed by atoms with van der Waals surface area (Å²) in [5.74, 6) is 1.57. The Hall–Kier alpha value is -7.77. The van der Waals surface area contributed by atoms with Crippen molar-refractivity contribution in [3.63, 3.8) is 0 Å². The maximum absolute atomic E-state index is 17.0. The second kappa shape index (κ2) is 20.9. The van der Waals surface area contributed by atoms with E-state index in [-0.39, 0.29) is 59.2 Å². The summed E-state index contributed by atoms with van der Waals surface area (Å²) in [5, 5.41) is 1.95. The first-order valence-electron chi connectivity index (χ1n) is 26.7. The third kappa shape index (κ3) is 9.49. The number of nitrogens with one attached hydrogen (secondary N) is 2. The smallest absolute Gasteiger partial charge is 0.230 e. The Morgan fingerprint density at radius 2 is 1.28 bits per heavy atom. The third-order valence-electron chi connectivity index (χ3n) is 16.3. The van der Waals surface area contributed by atoms with E-state index in [0.29, 0.717) is 131 Å². The summed E-state index contributed by atoms with van der Waals surface area (Å²) in [6.07, 6.45) is 7.63. The highest BCUT2D eigenvalue weighted by atomic mass is 19.1. The number of benzene rings is 4. The minimum Gasteiger partial charge on any atom is -0.493 e. The third-order valence-corrected chi connectivity index (χ3v) is 16.3. The van der Waals surface area contributed by atoms with E-state index in [0.717, 1.165) is 56.1 Å². The molecule has 4 saturated heterocycles. The maximum Gasteiger partial charge on any atom is 0.230 e. The van der Waals surface area contributed by atoms with Gasteiger partial charge in [-0.3, -0.25) is 14.6 Å². The molecule has 1 atom stereocenters. The number of rotatable bonds is 17. The maximum atomic E-state index is 17.0. The lowest BCUT2D eigenvalue weighted by Gasteiger charge is -2.53. The topological polar surface area (TPSA) is 185 Å². The van der Waals surface area contributed by atoms with Gasteiger partial charge in [0.1, 0.15) is 12.1 Å². The van der Waals surface area contributed by atoms with Crippen LogP contribution in [0.3, 0.4) is 0 Å². The molecule has 12 rings (SSSR count). The Balaban J connectivity index is 0.657. The van der Waals surface area contributed by atoms with E-state index in [2.05, 4.69) is 24.9 Å². The SMILES string of the molecule is COc1cc2c(Oc3ccc4[nH]c(C)c(C5OCC56CCN(C(=O)CCCOc5cc7ncnc(Oc8ccc9[nH]c(C)cc9c8F)c7cc5OC)CC6)c4c3F)ccnc2cc1OCCCC(=O)N1CCC2(CC1)COC2. The molecule has 78 heavy (non-hydrogen) atoms. The van der Waals surface area contributed by atoms with E-state index < -0.39 is 11.6 Å². The molecule has 8 aromatic rings. The Bertz CT molecular complexity index is 3600. The van der Waals surface area contributed by atoms with Crippen LogP contribution < -0.4 is 28.4 Å². The average molecular weight is 1070 g/mol. The molecule has 1 unspecified atom stereocenters. The molecule has 4 fully saturated rings. The number of hydrogen-bond acceptors (Lipinski definition) is 13. The molecule has 4 aromatic heterocycles. The number of hydrogen-bond donors (Lipinski definition) is 2. The summed E-state index contributed by atoms with van der Waals surface area (Å²) in [7, 11) is 3.07.